The maximum absolute atomic E-state index is 2.49. The first-order chi connectivity index (χ1) is 31.7. The van der Waals surface area contributed by atoms with Crippen molar-refractivity contribution >= 4 is 80.1 Å². The number of hydrogen-bond donors (Lipinski definition) is 0. The van der Waals surface area contributed by atoms with Gasteiger partial charge in [0.1, 0.15) is 0 Å². The second-order valence-electron chi connectivity index (χ2n) is 16.7. The van der Waals surface area contributed by atoms with Crippen LogP contribution in [0.25, 0.3) is 73.7 Å². The highest BCUT2D eigenvalue weighted by molar-refractivity contribution is 7.26. The smallest absolute Gasteiger partial charge is 0.0714 e. The van der Waals surface area contributed by atoms with Gasteiger partial charge in [-0.25, -0.2) is 0 Å². The van der Waals surface area contributed by atoms with E-state index in [0.29, 0.717) is 0 Å². The third-order valence-corrected chi connectivity index (χ3v) is 15.6. The molecule has 0 saturated carbocycles. The molecule has 0 radical (unpaired) electrons. The van der Waals surface area contributed by atoms with Gasteiger partial charge in [0.05, 0.1) is 11.1 Å². The standard InChI is InChI=1S/C61H39NS2/c1-3-17-43(18-4-1)61(44-19-5-2-6-20-44)52-26-10-7-23-49(52)60-53(61)27-15-28-54(60)62(45-35-32-40(33-36-45)47-25-14-31-58-59(47)50-24-9-12-30-56(50)64-58)46-21-13-16-41(38-46)42-34-37-57-51(39-42)48-22-8-11-29-55(48)63-57/h1-39H. The van der Waals surface area contributed by atoms with E-state index in [1.807, 2.05) is 22.7 Å². The van der Waals surface area contributed by atoms with E-state index in [-0.39, 0.29) is 0 Å². The lowest BCUT2D eigenvalue weighted by molar-refractivity contribution is 0.768. The van der Waals surface area contributed by atoms with Crippen molar-refractivity contribution in [1.82, 2.24) is 0 Å². The highest BCUT2D eigenvalue weighted by Crippen LogP contribution is 2.59. The van der Waals surface area contributed by atoms with Gasteiger partial charge in [0, 0.05) is 57.3 Å². The minimum Gasteiger partial charge on any atom is -0.310 e. The van der Waals surface area contributed by atoms with Crippen molar-refractivity contribution in [1.29, 1.82) is 0 Å². The van der Waals surface area contributed by atoms with Crippen LogP contribution >= 0.6 is 22.7 Å². The van der Waals surface area contributed by atoms with Gasteiger partial charge in [0.25, 0.3) is 0 Å². The third-order valence-electron chi connectivity index (χ3n) is 13.4. The fourth-order valence-electron chi connectivity index (χ4n) is 10.6. The maximum Gasteiger partial charge on any atom is 0.0714 e. The van der Waals surface area contributed by atoms with Crippen molar-refractivity contribution < 1.29 is 0 Å². The van der Waals surface area contributed by atoms with Gasteiger partial charge in [-0.2, -0.15) is 0 Å². The van der Waals surface area contributed by atoms with Gasteiger partial charge in [-0.05, 0) is 111 Å². The summed E-state index contributed by atoms with van der Waals surface area (Å²) < 4.78 is 5.27. The molecule has 300 valence electrons. The second-order valence-corrected chi connectivity index (χ2v) is 18.9. The molecule has 2 heterocycles. The molecule has 12 aromatic rings. The maximum atomic E-state index is 2.49. The molecule has 1 nitrogen and oxygen atoms in total. The van der Waals surface area contributed by atoms with Crippen molar-refractivity contribution in [3.63, 3.8) is 0 Å². The van der Waals surface area contributed by atoms with Gasteiger partial charge >= 0.3 is 0 Å². The summed E-state index contributed by atoms with van der Waals surface area (Å²) in [6, 6.07) is 87.9. The monoisotopic (exact) mass is 849 g/mol. The van der Waals surface area contributed by atoms with E-state index < -0.39 is 5.41 Å². The topological polar surface area (TPSA) is 3.24 Å². The van der Waals surface area contributed by atoms with Crippen LogP contribution in [0.5, 0.6) is 0 Å². The van der Waals surface area contributed by atoms with Crippen molar-refractivity contribution in [3.05, 3.63) is 259 Å². The molecular weight excluding hydrogens is 811 g/mol. The SMILES string of the molecule is c1ccc(C2(c3ccccc3)c3ccccc3-c3c(N(c4ccc(-c5cccc6sc7ccccc7c56)cc4)c4cccc(-c5ccc6sc7ccccc7c6c5)c4)cccc32)cc1. The largest absolute Gasteiger partial charge is 0.310 e. The molecule has 1 aliphatic carbocycles. The lowest BCUT2D eigenvalue weighted by Gasteiger charge is -2.34. The molecule has 1 aliphatic rings. The highest BCUT2D eigenvalue weighted by Gasteiger charge is 2.47. The van der Waals surface area contributed by atoms with Crippen LogP contribution in [0.2, 0.25) is 0 Å². The Bertz CT molecular complexity index is 3690. The van der Waals surface area contributed by atoms with E-state index in [1.54, 1.807) is 0 Å². The van der Waals surface area contributed by atoms with Gasteiger partial charge in [0.15, 0.2) is 0 Å². The Kier molecular flexibility index (Phi) is 8.55. The quantitative estimate of drug-likeness (QED) is 0.154. The Balaban J connectivity index is 1.04. The zero-order valence-electron chi connectivity index (χ0n) is 34.8. The van der Waals surface area contributed by atoms with E-state index in [4.69, 9.17) is 0 Å². The molecule has 0 atom stereocenters. The molecule has 0 unspecified atom stereocenters. The normalized spacial score (nSPS) is 12.8. The number of anilines is 3. The van der Waals surface area contributed by atoms with E-state index in [1.165, 1.54) is 96.0 Å². The van der Waals surface area contributed by atoms with Crippen molar-refractivity contribution in [3.8, 4) is 33.4 Å². The molecule has 0 fully saturated rings. The van der Waals surface area contributed by atoms with Gasteiger partial charge in [-0.3, -0.25) is 0 Å². The first kappa shape index (κ1) is 37.0. The molecule has 0 bridgehead atoms. The lowest BCUT2D eigenvalue weighted by Crippen LogP contribution is -2.28. The predicted molar refractivity (Wildman–Crippen MR) is 275 cm³/mol. The van der Waals surface area contributed by atoms with Crippen molar-refractivity contribution in [2.45, 2.75) is 5.41 Å². The zero-order valence-corrected chi connectivity index (χ0v) is 36.4. The van der Waals surface area contributed by atoms with Crippen LogP contribution in [0.15, 0.2) is 237 Å². The summed E-state index contributed by atoms with van der Waals surface area (Å²) in [7, 11) is 0. The van der Waals surface area contributed by atoms with Gasteiger partial charge in [-0.15, -0.1) is 22.7 Å². The number of rotatable bonds is 7. The Morgan fingerprint density at radius 2 is 0.891 bits per heavy atom. The summed E-state index contributed by atoms with van der Waals surface area (Å²) in [6.07, 6.45) is 0. The fraction of sp³-hybridized carbons (Fsp3) is 0.0164. The molecule has 0 aliphatic heterocycles. The summed E-state index contributed by atoms with van der Waals surface area (Å²) >= 11 is 3.73. The van der Waals surface area contributed by atoms with Crippen LogP contribution in [-0.2, 0) is 5.41 Å². The number of hydrogen-bond acceptors (Lipinski definition) is 3. The third kappa shape index (κ3) is 5.61. The van der Waals surface area contributed by atoms with Crippen LogP contribution in [-0.4, -0.2) is 0 Å². The molecule has 0 spiro atoms. The molecule has 0 saturated heterocycles. The van der Waals surface area contributed by atoms with Crippen molar-refractivity contribution in [2.24, 2.45) is 0 Å². The Morgan fingerprint density at radius 3 is 1.69 bits per heavy atom. The minimum absolute atomic E-state index is 0.511. The van der Waals surface area contributed by atoms with Gasteiger partial charge in [0.2, 0.25) is 0 Å². The van der Waals surface area contributed by atoms with E-state index in [2.05, 4.69) is 241 Å². The Morgan fingerprint density at radius 1 is 0.328 bits per heavy atom. The molecule has 64 heavy (non-hydrogen) atoms. The Hall–Kier alpha value is -7.56. The first-order valence-electron chi connectivity index (χ1n) is 21.9. The molecular formula is C61H39NS2. The van der Waals surface area contributed by atoms with Crippen LogP contribution < -0.4 is 4.90 Å². The first-order valence-corrected chi connectivity index (χ1v) is 23.5. The molecule has 0 amide bonds. The highest BCUT2D eigenvalue weighted by atomic mass is 32.1. The molecule has 3 heteroatoms. The summed E-state index contributed by atoms with van der Waals surface area (Å²) in [5.74, 6) is 0. The van der Waals surface area contributed by atoms with E-state index in [0.717, 1.165) is 17.1 Å². The minimum atomic E-state index is -0.511. The number of fused-ring (bicyclic) bond motifs is 9. The molecule has 2 aromatic heterocycles. The molecule has 10 aromatic carbocycles. The average Bonchev–Trinajstić information content (AvgIpc) is 4.04. The second kappa shape index (κ2) is 14.8. The van der Waals surface area contributed by atoms with Crippen LogP contribution in [0.1, 0.15) is 22.3 Å². The summed E-state index contributed by atoms with van der Waals surface area (Å²) in [4.78, 5) is 2.49. The molecule has 0 N–H and O–H groups in total. The van der Waals surface area contributed by atoms with Crippen LogP contribution in [0.4, 0.5) is 17.1 Å². The van der Waals surface area contributed by atoms with E-state index in [9.17, 15) is 0 Å². The Labute approximate surface area is 380 Å². The van der Waals surface area contributed by atoms with Crippen LogP contribution in [0.3, 0.4) is 0 Å². The molecule has 13 rings (SSSR count). The summed E-state index contributed by atoms with van der Waals surface area (Å²) in [5, 5.41) is 5.26. The fourth-order valence-corrected chi connectivity index (χ4v) is 12.8. The number of nitrogens with zero attached hydrogens (tertiary/aromatic N) is 1. The van der Waals surface area contributed by atoms with Crippen LogP contribution in [0, 0.1) is 0 Å². The lowest BCUT2D eigenvalue weighted by atomic mass is 9.68. The zero-order chi connectivity index (χ0) is 42.2. The summed E-state index contributed by atoms with van der Waals surface area (Å²) in [5.41, 5.74) is 15.3. The van der Waals surface area contributed by atoms with Gasteiger partial charge in [-0.1, -0.05) is 176 Å². The number of thiophene rings is 2. The predicted octanol–water partition coefficient (Wildman–Crippen LogP) is 17.6. The van der Waals surface area contributed by atoms with Gasteiger partial charge < -0.3 is 4.90 Å². The number of benzene rings is 10. The van der Waals surface area contributed by atoms with E-state index >= 15 is 0 Å². The summed E-state index contributed by atoms with van der Waals surface area (Å²) in [6.45, 7) is 0. The average molecular weight is 850 g/mol. The van der Waals surface area contributed by atoms with Crippen molar-refractivity contribution in [2.75, 3.05) is 4.90 Å².